The molecular weight excluding hydrogens is 164 g/mol. The molecule has 1 N–H and O–H groups in total. The molecule has 0 spiro atoms. The Labute approximate surface area is 78.2 Å². The minimum Gasteiger partial charge on any atom is -0.352 e. The number of nitrogens with one attached hydrogen (secondary N) is 1. The largest absolute Gasteiger partial charge is 0.352 e. The molecule has 0 aliphatic carbocycles. The quantitative estimate of drug-likeness (QED) is 0.742. The number of nitrogens with zero attached hydrogens (tertiary/aromatic N) is 1. The smallest absolute Gasteiger partial charge is 0.217 e. The molecule has 0 saturated heterocycles. The molecule has 0 radical (unpaired) electrons. The Kier molecular flexibility index (Phi) is 3.01. The average Bonchev–Trinajstić information content (AvgIpc) is 2.02. The van der Waals surface area contributed by atoms with E-state index in [1.165, 1.54) is 6.92 Å². The first-order chi connectivity index (χ1) is 6.09. The lowest BCUT2D eigenvalue weighted by molar-refractivity contribution is -0.119. The monoisotopic (exact) mass is 178 g/mol. The molecule has 1 aromatic rings. The molecule has 1 aromatic heterocycles. The van der Waals surface area contributed by atoms with E-state index in [-0.39, 0.29) is 5.91 Å². The molecule has 3 heteroatoms. The summed E-state index contributed by atoms with van der Waals surface area (Å²) in [5, 5.41) is 2.74. The fraction of sp³-hybridized carbons (Fsp3) is 0.400. The van der Waals surface area contributed by atoms with Crippen molar-refractivity contribution < 1.29 is 4.79 Å². The van der Waals surface area contributed by atoms with Gasteiger partial charge in [-0.05, 0) is 25.5 Å². The highest BCUT2D eigenvalue weighted by Crippen LogP contribution is 2.05. The summed E-state index contributed by atoms with van der Waals surface area (Å²) in [5.74, 6) is -0.0139. The number of carbonyl (C=O) groups excluding carboxylic acids is 1. The normalized spacial score (nSPS) is 9.77. The Morgan fingerprint density at radius 1 is 1.46 bits per heavy atom. The van der Waals surface area contributed by atoms with Gasteiger partial charge in [0.25, 0.3) is 0 Å². The maximum absolute atomic E-state index is 10.7. The van der Waals surface area contributed by atoms with E-state index >= 15 is 0 Å². The van der Waals surface area contributed by atoms with Crippen molar-refractivity contribution in [1.29, 1.82) is 0 Å². The van der Waals surface area contributed by atoms with Crippen LogP contribution in [0.3, 0.4) is 0 Å². The third-order valence-electron chi connectivity index (χ3n) is 1.86. The lowest BCUT2D eigenvalue weighted by Crippen LogP contribution is -2.19. The van der Waals surface area contributed by atoms with E-state index in [0.29, 0.717) is 6.54 Å². The Bertz CT molecular complexity index is 321. The van der Waals surface area contributed by atoms with Gasteiger partial charge in [-0.15, -0.1) is 0 Å². The number of rotatable bonds is 2. The van der Waals surface area contributed by atoms with Crippen molar-refractivity contribution in [3.8, 4) is 0 Å². The van der Waals surface area contributed by atoms with Crippen LogP contribution in [0.4, 0.5) is 0 Å². The van der Waals surface area contributed by atoms with Crippen LogP contribution in [0.15, 0.2) is 12.1 Å². The van der Waals surface area contributed by atoms with Gasteiger partial charge in [0.15, 0.2) is 0 Å². The highest BCUT2D eigenvalue weighted by atomic mass is 16.1. The van der Waals surface area contributed by atoms with Crippen molar-refractivity contribution in [3.05, 3.63) is 29.1 Å². The van der Waals surface area contributed by atoms with Gasteiger partial charge in [0.05, 0.1) is 0 Å². The molecule has 0 saturated carbocycles. The number of amides is 1. The van der Waals surface area contributed by atoms with E-state index in [4.69, 9.17) is 0 Å². The van der Waals surface area contributed by atoms with Gasteiger partial charge in [-0.1, -0.05) is 6.07 Å². The van der Waals surface area contributed by atoms with Gasteiger partial charge in [-0.2, -0.15) is 0 Å². The van der Waals surface area contributed by atoms with Gasteiger partial charge < -0.3 is 5.32 Å². The first-order valence-corrected chi connectivity index (χ1v) is 4.27. The van der Waals surface area contributed by atoms with Crippen molar-refractivity contribution in [1.82, 2.24) is 10.3 Å². The molecule has 13 heavy (non-hydrogen) atoms. The number of pyridine rings is 1. The maximum atomic E-state index is 10.7. The summed E-state index contributed by atoms with van der Waals surface area (Å²) in [6, 6.07) is 3.94. The molecule has 0 aromatic carbocycles. The predicted molar refractivity (Wildman–Crippen MR) is 51.2 cm³/mol. The minimum atomic E-state index is -0.0139. The summed E-state index contributed by atoms with van der Waals surface area (Å²) in [6.07, 6.45) is 0. The topological polar surface area (TPSA) is 42.0 Å². The van der Waals surface area contributed by atoms with Crippen LogP contribution in [0.2, 0.25) is 0 Å². The van der Waals surface area contributed by atoms with Gasteiger partial charge in [-0.25, -0.2) is 0 Å². The van der Waals surface area contributed by atoms with E-state index in [9.17, 15) is 4.79 Å². The molecule has 1 amide bonds. The Hall–Kier alpha value is -1.38. The van der Waals surface area contributed by atoms with Crippen molar-refractivity contribution in [2.24, 2.45) is 0 Å². The van der Waals surface area contributed by atoms with E-state index in [1.54, 1.807) is 0 Å². The van der Waals surface area contributed by atoms with Crippen LogP contribution in [-0.2, 0) is 11.3 Å². The summed E-state index contributed by atoms with van der Waals surface area (Å²) in [7, 11) is 0. The van der Waals surface area contributed by atoms with Crippen LogP contribution >= 0.6 is 0 Å². The third kappa shape index (κ3) is 2.86. The summed E-state index contributed by atoms with van der Waals surface area (Å²) in [5.41, 5.74) is 3.05. The molecule has 0 bridgehead atoms. The lowest BCUT2D eigenvalue weighted by atomic mass is 10.2. The van der Waals surface area contributed by atoms with E-state index in [0.717, 1.165) is 17.0 Å². The summed E-state index contributed by atoms with van der Waals surface area (Å²) >= 11 is 0. The van der Waals surface area contributed by atoms with Gasteiger partial charge in [0.1, 0.15) is 0 Å². The van der Waals surface area contributed by atoms with Crippen molar-refractivity contribution in [2.45, 2.75) is 27.3 Å². The zero-order chi connectivity index (χ0) is 9.84. The van der Waals surface area contributed by atoms with Crippen molar-refractivity contribution in [3.63, 3.8) is 0 Å². The Morgan fingerprint density at radius 2 is 2.15 bits per heavy atom. The van der Waals surface area contributed by atoms with Gasteiger partial charge in [0, 0.05) is 24.9 Å². The number of aryl methyl sites for hydroxylation is 2. The number of hydrogen-bond donors (Lipinski definition) is 1. The summed E-state index contributed by atoms with van der Waals surface area (Å²) in [4.78, 5) is 15.0. The number of aromatic nitrogens is 1. The maximum Gasteiger partial charge on any atom is 0.217 e. The molecule has 1 rings (SSSR count). The van der Waals surface area contributed by atoms with Crippen LogP contribution < -0.4 is 5.32 Å². The summed E-state index contributed by atoms with van der Waals surface area (Å²) < 4.78 is 0. The summed E-state index contributed by atoms with van der Waals surface area (Å²) in [6.45, 7) is 5.98. The van der Waals surface area contributed by atoms with E-state index < -0.39 is 0 Å². The number of hydrogen-bond acceptors (Lipinski definition) is 2. The van der Waals surface area contributed by atoms with Crippen LogP contribution in [0.25, 0.3) is 0 Å². The Morgan fingerprint density at radius 3 is 2.69 bits per heavy atom. The average molecular weight is 178 g/mol. The molecule has 3 nitrogen and oxygen atoms in total. The highest BCUT2D eigenvalue weighted by Gasteiger charge is 1.99. The van der Waals surface area contributed by atoms with E-state index in [1.807, 2.05) is 26.0 Å². The molecule has 0 fully saturated rings. The molecule has 0 unspecified atom stereocenters. The third-order valence-corrected chi connectivity index (χ3v) is 1.86. The first kappa shape index (κ1) is 9.71. The molecule has 1 heterocycles. The van der Waals surface area contributed by atoms with E-state index in [2.05, 4.69) is 10.3 Å². The zero-order valence-corrected chi connectivity index (χ0v) is 8.22. The molecule has 0 aliphatic rings. The van der Waals surface area contributed by atoms with Crippen LogP contribution in [0.1, 0.15) is 23.9 Å². The van der Waals surface area contributed by atoms with Crippen LogP contribution in [0.5, 0.6) is 0 Å². The molecular formula is C10H14N2O. The fourth-order valence-corrected chi connectivity index (χ4v) is 1.12. The van der Waals surface area contributed by atoms with Crippen molar-refractivity contribution >= 4 is 5.91 Å². The second-order valence-corrected chi connectivity index (χ2v) is 3.11. The first-order valence-electron chi connectivity index (χ1n) is 4.27. The second-order valence-electron chi connectivity index (χ2n) is 3.11. The van der Waals surface area contributed by atoms with Crippen LogP contribution in [-0.4, -0.2) is 10.9 Å². The SMILES string of the molecule is CC(=O)NCc1ccc(C)nc1C. The minimum absolute atomic E-state index is 0.0139. The Balaban J connectivity index is 2.72. The van der Waals surface area contributed by atoms with Gasteiger partial charge in [0.2, 0.25) is 5.91 Å². The van der Waals surface area contributed by atoms with Crippen LogP contribution in [0, 0.1) is 13.8 Å². The predicted octanol–water partition coefficient (Wildman–Crippen LogP) is 1.33. The molecule has 0 aliphatic heterocycles. The van der Waals surface area contributed by atoms with Gasteiger partial charge in [-0.3, -0.25) is 9.78 Å². The zero-order valence-electron chi connectivity index (χ0n) is 8.22. The fourth-order valence-electron chi connectivity index (χ4n) is 1.12. The van der Waals surface area contributed by atoms with Crippen molar-refractivity contribution in [2.75, 3.05) is 0 Å². The lowest BCUT2D eigenvalue weighted by Gasteiger charge is -2.05. The molecule has 70 valence electrons. The molecule has 0 atom stereocenters. The standard InChI is InChI=1S/C10H14N2O/c1-7-4-5-10(8(2)12-7)6-11-9(3)13/h4-5H,6H2,1-3H3,(H,11,13). The highest BCUT2D eigenvalue weighted by molar-refractivity contribution is 5.72. The van der Waals surface area contributed by atoms with Gasteiger partial charge >= 0.3 is 0 Å². The second kappa shape index (κ2) is 4.03. The number of carbonyl (C=O) groups is 1.